The van der Waals surface area contributed by atoms with Crippen LogP contribution in [0.4, 0.5) is 24.8 Å². The second-order valence-corrected chi connectivity index (χ2v) is 4.05. The summed E-state index contributed by atoms with van der Waals surface area (Å²) in [6.45, 7) is 1.75. The summed E-state index contributed by atoms with van der Waals surface area (Å²) in [5, 5.41) is 2.81. The van der Waals surface area contributed by atoms with Crippen LogP contribution in [0.25, 0.3) is 0 Å². The summed E-state index contributed by atoms with van der Waals surface area (Å²) in [6.07, 6.45) is -2.97. The molecule has 19 heavy (non-hydrogen) atoms. The number of rotatable bonds is 3. The molecule has 0 aromatic carbocycles. The molecule has 1 unspecified atom stereocenters. The first-order valence-corrected chi connectivity index (χ1v) is 5.51. The number of nitrogens with zero attached hydrogens (tertiary/aromatic N) is 1. The highest BCUT2D eigenvalue weighted by molar-refractivity contribution is 5.48. The second kappa shape index (κ2) is 4.83. The Bertz CT molecular complexity index is 552. The van der Waals surface area contributed by atoms with Crippen LogP contribution in [0.5, 0.6) is 0 Å². The topological polar surface area (TPSA) is 64.1 Å². The smallest absolute Gasteiger partial charge is 0.416 e. The van der Waals surface area contributed by atoms with E-state index < -0.39 is 11.7 Å². The monoisotopic (exact) mass is 271 g/mol. The van der Waals surface area contributed by atoms with Crippen molar-refractivity contribution in [3.8, 4) is 0 Å². The minimum atomic E-state index is -4.46. The fourth-order valence-corrected chi connectivity index (χ4v) is 1.62. The molecule has 102 valence electrons. The van der Waals surface area contributed by atoms with Gasteiger partial charge in [0.05, 0.1) is 17.9 Å². The maximum atomic E-state index is 12.6. The molecule has 4 nitrogen and oxygen atoms in total. The molecule has 0 aliphatic carbocycles. The largest absolute Gasteiger partial charge is 0.467 e. The van der Waals surface area contributed by atoms with Crippen LogP contribution in [0.3, 0.4) is 0 Å². The predicted molar refractivity (Wildman–Crippen MR) is 64.4 cm³/mol. The van der Waals surface area contributed by atoms with Gasteiger partial charge in [-0.1, -0.05) is 0 Å². The number of nitrogens with one attached hydrogen (secondary N) is 1. The molecule has 0 fully saturated rings. The van der Waals surface area contributed by atoms with Crippen LogP contribution < -0.4 is 11.1 Å². The van der Waals surface area contributed by atoms with Crippen LogP contribution in [0.1, 0.15) is 24.3 Å². The molecule has 0 aliphatic heterocycles. The van der Waals surface area contributed by atoms with Crippen molar-refractivity contribution in [2.75, 3.05) is 11.1 Å². The normalized spacial score (nSPS) is 13.3. The van der Waals surface area contributed by atoms with Crippen LogP contribution >= 0.6 is 0 Å². The van der Waals surface area contributed by atoms with Crippen molar-refractivity contribution < 1.29 is 17.6 Å². The van der Waals surface area contributed by atoms with Crippen LogP contribution in [0.15, 0.2) is 34.9 Å². The van der Waals surface area contributed by atoms with Gasteiger partial charge < -0.3 is 15.5 Å². The molecule has 3 N–H and O–H groups in total. The van der Waals surface area contributed by atoms with Gasteiger partial charge >= 0.3 is 6.18 Å². The molecule has 0 amide bonds. The van der Waals surface area contributed by atoms with Crippen molar-refractivity contribution >= 4 is 11.6 Å². The first-order valence-electron chi connectivity index (χ1n) is 5.51. The number of alkyl halides is 3. The summed E-state index contributed by atoms with van der Waals surface area (Å²) in [4.78, 5) is 3.82. The summed E-state index contributed by atoms with van der Waals surface area (Å²) in [6, 6.07) is 4.81. The summed E-state index contributed by atoms with van der Waals surface area (Å²) < 4.78 is 43.0. The Morgan fingerprint density at radius 2 is 2.11 bits per heavy atom. The molecule has 0 aliphatic rings. The van der Waals surface area contributed by atoms with Gasteiger partial charge in [-0.2, -0.15) is 13.2 Å². The molecule has 0 spiro atoms. The highest BCUT2D eigenvalue weighted by Crippen LogP contribution is 2.32. The van der Waals surface area contributed by atoms with Gasteiger partial charge in [0.15, 0.2) is 0 Å². The molecule has 0 saturated carbocycles. The van der Waals surface area contributed by atoms with Crippen molar-refractivity contribution in [1.82, 2.24) is 4.98 Å². The van der Waals surface area contributed by atoms with Crippen molar-refractivity contribution in [2.24, 2.45) is 0 Å². The van der Waals surface area contributed by atoms with Gasteiger partial charge in [0.1, 0.15) is 17.4 Å². The van der Waals surface area contributed by atoms with Crippen LogP contribution in [0.2, 0.25) is 0 Å². The minimum absolute atomic E-state index is 0.0521. The predicted octanol–water partition coefficient (Wildman–Crippen LogP) is 3.45. The van der Waals surface area contributed by atoms with E-state index in [1.54, 1.807) is 19.1 Å². The van der Waals surface area contributed by atoms with Gasteiger partial charge in [-0.05, 0) is 31.2 Å². The van der Waals surface area contributed by atoms with Gasteiger partial charge in [0.2, 0.25) is 0 Å². The zero-order valence-electron chi connectivity index (χ0n) is 10.0. The molecule has 0 radical (unpaired) electrons. The molecule has 2 heterocycles. The Balaban J connectivity index is 2.23. The summed E-state index contributed by atoms with van der Waals surface area (Å²) in [5.41, 5.74) is 4.54. The van der Waals surface area contributed by atoms with Gasteiger partial charge in [-0.15, -0.1) is 0 Å². The van der Waals surface area contributed by atoms with E-state index >= 15 is 0 Å². The minimum Gasteiger partial charge on any atom is -0.467 e. The first-order chi connectivity index (χ1) is 8.86. The van der Waals surface area contributed by atoms with E-state index in [1.165, 1.54) is 6.26 Å². The number of hydrogen-bond donors (Lipinski definition) is 2. The quantitative estimate of drug-likeness (QED) is 0.897. The Hall–Kier alpha value is -2.18. The number of hydrogen-bond acceptors (Lipinski definition) is 4. The Morgan fingerprint density at radius 1 is 1.37 bits per heavy atom. The number of aromatic nitrogens is 1. The highest BCUT2D eigenvalue weighted by Gasteiger charge is 2.31. The molecule has 2 aromatic rings. The molecular weight excluding hydrogens is 259 g/mol. The first kappa shape index (κ1) is 13.3. The van der Waals surface area contributed by atoms with Crippen molar-refractivity contribution in [2.45, 2.75) is 19.1 Å². The van der Waals surface area contributed by atoms with Crippen molar-refractivity contribution in [3.63, 3.8) is 0 Å². The van der Waals surface area contributed by atoms with E-state index in [-0.39, 0.29) is 17.7 Å². The molecule has 2 rings (SSSR count). The van der Waals surface area contributed by atoms with Crippen LogP contribution in [-0.4, -0.2) is 4.98 Å². The zero-order chi connectivity index (χ0) is 14.0. The summed E-state index contributed by atoms with van der Waals surface area (Å²) >= 11 is 0. The lowest BCUT2D eigenvalue weighted by atomic mass is 10.2. The number of furan rings is 1. The lowest BCUT2D eigenvalue weighted by molar-refractivity contribution is -0.137. The number of pyridine rings is 1. The molecule has 2 aromatic heterocycles. The Kier molecular flexibility index (Phi) is 3.37. The van der Waals surface area contributed by atoms with E-state index in [0.29, 0.717) is 5.76 Å². The van der Waals surface area contributed by atoms with E-state index in [4.69, 9.17) is 10.2 Å². The van der Waals surface area contributed by atoms with Crippen molar-refractivity contribution in [1.29, 1.82) is 0 Å². The Labute approximate surface area is 107 Å². The number of nitrogens with two attached hydrogens (primary N) is 1. The standard InChI is InChI=1S/C12H12F3N3O/c1-7(9-3-2-4-19-9)17-11-6-8(12(13,14)15)5-10(16)18-11/h2-7H,1H3,(H3,16,17,18). The number of halogens is 3. The fraction of sp³-hybridized carbons (Fsp3) is 0.250. The molecule has 1 atom stereocenters. The summed E-state index contributed by atoms with van der Waals surface area (Å²) in [7, 11) is 0. The van der Waals surface area contributed by atoms with E-state index in [0.717, 1.165) is 12.1 Å². The average molecular weight is 271 g/mol. The molecular formula is C12H12F3N3O. The summed E-state index contributed by atoms with van der Waals surface area (Å²) in [5.74, 6) is 0.456. The van der Waals surface area contributed by atoms with E-state index in [2.05, 4.69) is 10.3 Å². The van der Waals surface area contributed by atoms with Crippen LogP contribution in [-0.2, 0) is 6.18 Å². The third-order valence-corrected chi connectivity index (χ3v) is 2.51. The zero-order valence-corrected chi connectivity index (χ0v) is 10.0. The van der Waals surface area contributed by atoms with Gasteiger partial charge in [-0.3, -0.25) is 0 Å². The molecule has 7 heteroatoms. The maximum absolute atomic E-state index is 12.6. The van der Waals surface area contributed by atoms with E-state index in [1.807, 2.05) is 0 Å². The molecule has 0 bridgehead atoms. The van der Waals surface area contributed by atoms with Gasteiger partial charge in [0.25, 0.3) is 0 Å². The maximum Gasteiger partial charge on any atom is 0.416 e. The van der Waals surface area contributed by atoms with Gasteiger partial charge in [0, 0.05) is 0 Å². The number of anilines is 2. The average Bonchev–Trinajstić information content (AvgIpc) is 2.80. The van der Waals surface area contributed by atoms with Crippen molar-refractivity contribution in [3.05, 3.63) is 41.9 Å². The Morgan fingerprint density at radius 3 is 2.68 bits per heavy atom. The lowest BCUT2D eigenvalue weighted by Crippen LogP contribution is -2.11. The molecule has 0 saturated heterocycles. The SMILES string of the molecule is CC(Nc1cc(C(F)(F)F)cc(N)n1)c1ccco1. The third-order valence-electron chi connectivity index (χ3n) is 2.51. The second-order valence-electron chi connectivity index (χ2n) is 4.05. The third kappa shape index (κ3) is 3.18. The van der Waals surface area contributed by atoms with Gasteiger partial charge in [-0.25, -0.2) is 4.98 Å². The lowest BCUT2D eigenvalue weighted by Gasteiger charge is -2.14. The fourth-order valence-electron chi connectivity index (χ4n) is 1.62. The van der Waals surface area contributed by atoms with Crippen LogP contribution in [0, 0.1) is 0 Å². The van der Waals surface area contributed by atoms with E-state index in [9.17, 15) is 13.2 Å². The number of nitrogen functional groups attached to an aromatic ring is 1. The highest BCUT2D eigenvalue weighted by atomic mass is 19.4.